The molecule has 0 spiro atoms. The summed E-state index contributed by atoms with van der Waals surface area (Å²) < 4.78 is 7.32. The van der Waals surface area contributed by atoms with Gasteiger partial charge in [-0.1, -0.05) is 35.9 Å². The summed E-state index contributed by atoms with van der Waals surface area (Å²) in [5.41, 5.74) is 4.15. The Bertz CT molecular complexity index is 1320. The average molecular weight is 475 g/mol. The van der Waals surface area contributed by atoms with Gasteiger partial charge < -0.3 is 15.4 Å². The largest absolute Gasteiger partial charge is 0.484 e. The molecular weight excluding hydrogens is 452 g/mol. The van der Waals surface area contributed by atoms with Gasteiger partial charge in [0.25, 0.3) is 11.8 Å². The molecule has 0 aliphatic rings. The van der Waals surface area contributed by atoms with Gasteiger partial charge in [0, 0.05) is 23.0 Å². The highest BCUT2D eigenvalue weighted by atomic mass is 35.5. The Hall–Kier alpha value is -4.10. The number of nitrogens with one attached hydrogen (secondary N) is 2. The monoisotopic (exact) mass is 474 g/mol. The van der Waals surface area contributed by atoms with E-state index in [9.17, 15) is 9.59 Å². The lowest BCUT2D eigenvalue weighted by atomic mass is 10.2. The van der Waals surface area contributed by atoms with Crippen LogP contribution < -0.4 is 15.4 Å². The zero-order valence-electron chi connectivity index (χ0n) is 18.7. The van der Waals surface area contributed by atoms with Crippen molar-refractivity contribution in [1.29, 1.82) is 0 Å². The molecule has 1 heterocycles. The first-order valence-corrected chi connectivity index (χ1v) is 11.0. The molecule has 0 atom stereocenters. The number of hydrogen-bond donors (Lipinski definition) is 2. The van der Waals surface area contributed by atoms with Crippen molar-refractivity contribution < 1.29 is 14.3 Å². The number of amides is 2. The fourth-order valence-corrected chi connectivity index (χ4v) is 3.48. The van der Waals surface area contributed by atoms with E-state index >= 15 is 0 Å². The number of halogens is 1. The van der Waals surface area contributed by atoms with Gasteiger partial charge in [-0.25, -0.2) is 4.68 Å². The summed E-state index contributed by atoms with van der Waals surface area (Å²) in [4.78, 5) is 24.8. The van der Waals surface area contributed by atoms with E-state index < -0.39 is 0 Å². The maximum Gasteiger partial charge on any atom is 0.262 e. The van der Waals surface area contributed by atoms with Crippen molar-refractivity contribution in [3.8, 4) is 11.4 Å². The molecule has 2 N–H and O–H groups in total. The number of aromatic nitrogens is 2. The third kappa shape index (κ3) is 5.44. The van der Waals surface area contributed by atoms with Crippen LogP contribution in [0.3, 0.4) is 0 Å². The molecule has 172 valence electrons. The maximum atomic E-state index is 12.7. The van der Waals surface area contributed by atoms with Crippen molar-refractivity contribution in [2.24, 2.45) is 0 Å². The van der Waals surface area contributed by atoms with Gasteiger partial charge in [-0.2, -0.15) is 5.10 Å². The molecule has 0 radical (unpaired) electrons. The fourth-order valence-electron chi connectivity index (χ4n) is 3.36. The van der Waals surface area contributed by atoms with E-state index in [4.69, 9.17) is 16.3 Å². The number of nitrogens with zero attached hydrogens (tertiary/aromatic N) is 2. The molecule has 2 amide bonds. The SMILES string of the molecule is Cc1nn(-c2ccc(C(=O)Nc3cccc(OCC(=O)Nc4ccccc4)c3)cc2)c(C)c1Cl. The van der Waals surface area contributed by atoms with Gasteiger partial charge in [0.05, 0.1) is 22.1 Å². The number of benzene rings is 3. The number of carbonyl (C=O) groups excluding carboxylic acids is 2. The molecule has 34 heavy (non-hydrogen) atoms. The molecule has 0 unspecified atom stereocenters. The van der Waals surface area contributed by atoms with Crippen molar-refractivity contribution in [3.05, 3.63) is 101 Å². The molecule has 4 rings (SSSR count). The normalized spacial score (nSPS) is 10.6. The maximum absolute atomic E-state index is 12.7. The van der Waals surface area contributed by atoms with E-state index in [-0.39, 0.29) is 18.4 Å². The second kappa shape index (κ2) is 10.2. The molecule has 0 aliphatic heterocycles. The summed E-state index contributed by atoms with van der Waals surface area (Å²) in [7, 11) is 0. The second-order valence-corrected chi connectivity index (χ2v) is 8.01. The van der Waals surface area contributed by atoms with Crippen LogP contribution in [0.1, 0.15) is 21.7 Å². The number of anilines is 2. The van der Waals surface area contributed by atoms with E-state index in [2.05, 4.69) is 15.7 Å². The van der Waals surface area contributed by atoms with Gasteiger partial charge in [-0.3, -0.25) is 9.59 Å². The molecule has 1 aromatic heterocycles. The third-order valence-electron chi connectivity index (χ3n) is 5.10. The minimum absolute atomic E-state index is 0.149. The van der Waals surface area contributed by atoms with E-state index in [0.717, 1.165) is 17.1 Å². The molecule has 0 saturated carbocycles. The number of rotatable bonds is 7. The van der Waals surface area contributed by atoms with Crippen molar-refractivity contribution >= 4 is 34.8 Å². The standard InChI is InChI=1S/C26H23ClN4O3/c1-17-25(27)18(2)31(30-17)22-13-11-19(12-14-22)26(33)29-21-9-6-10-23(15-21)34-16-24(32)28-20-7-4-3-5-8-20/h3-15H,16H2,1-2H3,(H,28,32)(H,29,33). The van der Waals surface area contributed by atoms with Crippen LogP contribution in [-0.4, -0.2) is 28.2 Å². The van der Waals surface area contributed by atoms with Crippen LogP contribution in [-0.2, 0) is 4.79 Å². The number of carbonyl (C=O) groups is 2. The molecule has 4 aromatic rings. The second-order valence-electron chi connectivity index (χ2n) is 7.63. The highest BCUT2D eigenvalue weighted by Crippen LogP contribution is 2.23. The minimum Gasteiger partial charge on any atom is -0.484 e. The Morgan fingerprint density at radius 2 is 1.62 bits per heavy atom. The number of ether oxygens (including phenoxy) is 1. The molecule has 0 saturated heterocycles. The molecule has 7 nitrogen and oxygen atoms in total. The van der Waals surface area contributed by atoms with Gasteiger partial charge in [0.2, 0.25) is 0 Å². The van der Waals surface area contributed by atoms with Crippen LogP contribution in [0.4, 0.5) is 11.4 Å². The first kappa shape index (κ1) is 23.1. The summed E-state index contributed by atoms with van der Waals surface area (Å²) in [6.45, 7) is 3.59. The molecule has 0 fully saturated rings. The highest BCUT2D eigenvalue weighted by molar-refractivity contribution is 6.31. The molecule has 8 heteroatoms. The van der Waals surface area contributed by atoms with Crippen molar-refractivity contribution in [2.45, 2.75) is 13.8 Å². The predicted molar refractivity (Wildman–Crippen MR) is 133 cm³/mol. The lowest BCUT2D eigenvalue weighted by molar-refractivity contribution is -0.118. The highest BCUT2D eigenvalue weighted by Gasteiger charge is 2.12. The lowest BCUT2D eigenvalue weighted by Crippen LogP contribution is -2.20. The molecular formula is C26H23ClN4O3. The van der Waals surface area contributed by atoms with E-state index in [1.165, 1.54) is 0 Å². The van der Waals surface area contributed by atoms with Crippen LogP contribution >= 0.6 is 11.6 Å². The van der Waals surface area contributed by atoms with Gasteiger partial charge in [0.1, 0.15) is 5.75 Å². The number of aryl methyl sites for hydroxylation is 1. The Balaban J connectivity index is 1.36. The van der Waals surface area contributed by atoms with Crippen LogP contribution in [0.15, 0.2) is 78.9 Å². The van der Waals surface area contributed by atoms with Crippen LogP contribution in [0.25, 0.3) is 5.69 Å². The first-order valence-electron chi connectivity index (χ1n) is 10.6. The van der Waals surface area contributed by atoms with Crippen molar-refractivity contribution in [3.63, 3.8) is 0 Å². The van der Waals surface area contributed by atoms with E-state index in [0.29, 0.717) is 27.7 Å². The Morgan fingerprint density at radius 1 is 0.912 bits per heavy atom. The summed E-state index contributed by atoms with van der Waals surface area (Å²) in [6.07, 6.45) is 0. The number of hydrogen-bond acceptors (Lipinski definition) is 4. The van der Waals surface area contributed by atoms with E-state index in [1.54, 1.807) is 53.2 Å². The van der Waals surface area contributed by atoms with Crippen LogP contribution in [0.2, 0.25) is 5.02 Å². The van der Waals surface area contributed by atoms with Crippen molar-refractivity contribution in [1.82, 2.24) is 9.78 Å². The third-order valence-corrected chi connectivity index (χ3v) is 5.64. The topological polar surface area (TPSA) is 85.2 Å². The zero-order valence-corrected chi connectivity index (χ0v) is 19.5. The zero-order chi connectivity index (χ0) is 24.1. The van der Waals surface area contributed by atoms with Gasteiger partial charge >= 0.3 is 0 Å². The fraction of sp³-hybridized carbons (Fsp3) is 0.115. The van der Waals surface area contributed by atoms with Gasteiger partial charge in [-0.05, 0) is 62.4 Å². The van der Waals surface area contributed by atoms with E-state index in [1.807, 2.05) is 44.2 Å². The smallest absolute Gasteiger partial charge is 0.262 e. The molecule has 0 aliphatic carbocycles. The average Bonchev–Trinajstić information content (AvgIpc) is 3.11. The summed E-state index contributed by atoms with van der Waals surface area (Å²) in [6, 6.07) is 23.1. The lowest BCUT2D eigenvalue weighted by Gasteiger charge is -2.10. The summed E-state index contributed by atoms with van der Waals surface area (Å²) >= 11 is 6.23. The quantitative estimate of drug-likeness (QED) is 0.375. The summed E-state index contributed by atoms with van der Waals surface area (Å²) in [5.74, 6) is -0.0701. The Morgan fingerprint density at radius 3 is 2.29 bits per heavy atom. The van der Waals surface area contributed by atoms with Gasteiger partial charge in [0.15, 0.2) is 6.61 Å². The Labute approximate surface area is 202 Å². The Kier molecular flexibility index (Phi) is 6.94. The molecule has 3 aromatic carbocycles. The first-order chi connectivity index (χ1) is 16.4. The minimum atomic E-state index is -0.273. The predicted octanol–water partition coefficient (Wildman–Crippen LogP) is 5.41. The van der Waals surface area contributed by atoms with Gasteiger partial charge in [-0.15, -0.1) is 0 Å². The van der Waals surface area contributed by atoms with Crippen LogP contribution in [0.5, 0.6) is 5.75 Å². The van der Waals surface area contributed by atoms with Crippen LogP contribution in [0, 0.1) is 13.8 Å². The summed E-state index contributed by atoms with van der Waals surface area (Å²) in [5, 5.41) is 10.7. The molecule has 0 bridgehead atoms. The van der Waals surface area contributed by atoms with Crippen molar-refractivity contribution in [2.75, 3.05) is 17.2 Å². The number of para-hydroxylation sites is 1.